The minimum atomic E-state index is -1.60. The monoisotopic (exact) mass is 548 g/mol. The molecule has 10 heteroatoms. The third-order valence-corrected chi connectivity index (χ3v) is 11.3. The van der Waals surface area contributed by atoms with Crippen LogP contribution < -0.4 is 0 Å². The Labute approximate surface area is 227 Å². The molecule has 0 aromatic rings. The van der Waals surface area contributed by atoms with E-state index < -0.39 is 76.6 Å². The maximum absolute atomic E-state index is 13.0. The highest BCUT2D eigenvalue weighted by Gasteiger charge is 2.72. The summed E-state index contributed by atoms with van der Waals surface area (Å²) in [6, 6.07) is 0. The molecule has 2 aliphatic heterocycles. The van der Waals surface area contributed by atoms with Crippen molar-refractivity contribution in [2.75, 3.05) is 6.61 Å². The smallest absolute Gasteiger partial charge is 0.331 e. The quantitative estimate of drug-likeness (QED) is 0.190. The number of aldehydes is 1. The van der Waals surface area contributed by atoms with E-state index in [0.717, 1.165) is 11.9 Å². The van der Waals surface area contributed by atoms with Crippen LogP contribution in [0.4, 0.5) is 0 Å². The van der Waals surface area contributed by atoms with Crippen LogP contribution in [0.1, 0.15) is 58.8 Å². The molecule has 4 fully saturated rings. The van der Waals surface area contributed by atoms with E-state index in [1.54, 1.807) is 19.1 Å². The first-order valence-electron chi connectivity index (χ1n) is 14.2. The highest BCUT2D eigenvalue weighted by molar-refractivity contribution is 5.85. The molecular weight excluding hydrogens is 508 g/mol. The predicted molar refractivity (Wildman–Crippen MR) is 135 cm³/mol. The van der Waals surface area contributed by atoms with Gasteiger partial charge in [-0.3, -0.25) is 0 Å². The summed E-state index contributed by atoms with van der Waals surface area (Å²) < 4.78 is 17.0. The number of ether oxygens (including phenoxy) is 3. The average Bonchev–Trinajstić information content (AvgIpc) is 3.41. The van der Waals surface area contributed by atoms with E-state index in [1.165, 1.54) is 6.08 Å². The van der Waals surface area contributed by atoms with E-state index in [9.17, 15) is 35.1 Å². The Hall–Kier alpha value is -1.66. The van der Waals surface area contributed by atoms with Crippen molar-refractivity contribution in [1.29, 1.82) is 0 Å². The highest BCUT2D eigenvalue weighted by atomic mass is 16.7. The number of hydrogen-bond acceptors (Lipinski definition) is 10. The zero-order valence-electron chi connectivity index (χ0n) is 22.4. The Morgan fingerprint density at radius 3 is 2.54 bits per heavy atom. The van der Waals surface area contributed by atoms with Gasteiger partial charge in [-0.05, 0) is 50.5 Å². The van der Waals surface area contributed by atoms with Crippen molar-refractivity contribution in [1.82, 2.24) is 0 Å². The van der Waals surface area contributed by atoms with Crippen LogP contribution in [0.2, 0.25) is 0 Å². The van der Waals surface area contributed by atoms with Crippen LogP contribution in [0.3, 0.4) is 0 Å². The van der Waals surface area contributed by atoms with Crippen LogP contribution in [0.5, 0.6) is 0 Å². The molecule has 0 aromatic carbocycles. The number of hydrogen-bond donors (Lipinski definition) is 5. The van der Waals surface area contributed by atoms with Crippen LogP contribution >= 0.6 is 0 Å². The third kappa shape index (κ3) is 3.79. The van der Waals surface area contributed by atoms with E-state index >= 15 is 0 Å². The lowest BCUT2D eigenvalue weighted by Gasteiger charge is -2.64. The van der Waals surface area contributed by atoms with Crippen LogP contribution in [-0.4, -0.2) is 92.4 Å². The summed E-state index contributed by atoms with van der Waals surface area (Å²) in [4.78, 5) is 24.7. The van der Waals surface area contributed by atoms with E-state index in [2.05, 4.69) is 0 Å². The molecule has 0 unspecified atom stereocenters. The maximum atomic E-state index is 13.0. The second-order valence-electron chi connectivity index (χ2n) is 13.1. The van der Waals surface area contributed by atoms with Gasteiger partial charge < -0.3 is 44.5 Å². The van der Waals surface area contributed by atoms with Gasteiger partial charge in [0.2, 0.25) is 0 Å². The largest absolute Gasteiger partial charge is 0.458 e. The van der Waals surface area contributed by atoms with E-state index in [1.807, 2.05) is 6.92 Å². The molecule has 10 nitrogen and oxygen atoms in total. The molecule has 4 aliphatic carbocycles. The Kier molecular flexibility index (Phi) is 6.47. The molecule has 0 spiro atoms. The fourth-order valence-corrected chi connectivity index (χ4v) is 9.24. The minimum Gasteiger partial charge on any atom is -0.458 e. The lowest BCUT2D eigenvalue weighted by Crippen LogP contribution is -2.70. The SMILES string of the molecule is C[C@H]1O[C@@H](O[C@H]2CC[C@]3(C=O)[C@H]4[C@H](O)C[C@]5(C)[C@H](C6=CC(=O)OC6)CC[C@]5(O)[C@@H]4C=C[C@]3(O)C2)C[C@H](O)[C@H]1O. The molecule has 0 amide bonds. The van der Waals surface area contributed by atoms with Crippen molar-refractivity contribution in [3.8, 4) is 0 Å². The van der Waals surface area contributed by atoms with Gasteiger partial charge in [-0.2, -0.15) is 0 Å². The fraction of sp³-hybridized carbons (Fsp3) is 0.793. The number of aliphatic hydroxyl groups excluding tert-OH is 3. The van der Waals surface area contributed by atoms with Gasteiger partial charge in [0.15, 0.2) is 6.29 Å². The first kappa shape index (κ1) is 27.5. The van der Waals surface area contributed by atoms with Crippen molar-refractivity contribution in [3.63, 3.8) is 0 Å². The zero-order valence-corrected chi connectivity index (χ0v) is 22.4. The first-order chi connectivity index (χ1) is 18.4. The molecule has 3 saturated carbocycles. The van der Waals surface area contributed by atoms with Gasteiger partial charge in [-0.15, -0.1) is 0 Å². The van der Waals surface area contributed by atoms with Gasteiger partial charge in [0.25, 0.3) is 0 Å². The Morgan fingerprint density at radius 2 is 1.87 bits per heavy atom. The molecule has 6 rings (SSSR count). The molecule has 0 radical (unpaired) electrons. The zero-order chi connectivity index (χ0) is 28.0. The summed E-state index contributed by atoms with van der Waals surface area (Å²) in [5, 5.41) is 56.1. The molecule has 2 heterocycles. The summed E-state index contributed by atoms with van der Waals surface area (Å²) in [6.45, 7) is 3.80. The molecule has 13 atom stereocenters. The summed E-state index contributed by atoms with van der Waals surface area (Å²) in [7, 11) is 0. The van der Waals surface area contributed by atoms with Crippen LogP contribution in [-0.2, 0) is 23.8 Å². The van der Waals surface area contributed by atoms with Crippen molar-refractivity contribution in [2.45, 2.75) is 107 Å². The van der Waals surface area contributed by atoms with Crippen molar-refractivity contribution in [3.05, 3.63) is 23.8 Å². The lowest BCUT2D eigenvalue weighted by molar-refractivity contribution is -0.278. The van der Waals surface area contributed by atoms with E-state index in [0.29, 0.717) is 19.3 Å². The number of carbonyl (C=O) groups excluding carboxylic acids is 2. The average molecular weight is 549 g/mol. The fourth-order valence-electron chi connectivity index (χ4n) is 9.24. The number of esters is 1. The molecule has 0 bridgehead atoms. The number of cyclic esters (lactones) is 1. The van der Waals surface area contributed by atoms with Gasteiger partial charge >= 0.3 is 5.97 Å². The van der Waals surface area contributed by atoms with Gasteiger partial charge in [0.1, 0.15) is 19.0 Å². The Morgan fingerprint density at radius 1 is 1.10 bits per heavy atom. The van der Waals surface area contributed by atoms with Crippen LogP contribution in [0, 0.1) is 28.6 Å². The first-order valence-corrected chi connectivity index (χ1v) is 14.2. The molecule has 39 heavy (non-hydrogen) atoms. The number of rotatable bonds is 4. The van der Waals surface area contributed by atoms with Gasteiger partial charge in [0.05, 0.1) is 41.0 Å². The normalized spacial score (nSPS) is 54.8. The Balaban J connectivity index is 1.28. The van der Waals surface area contributed by atoms with Crippen LogP contribution in [0.25, 0.3) is 0 Å². The van der Waals surface area contributed by atoms with Gasteiger partial charge in [-0.25, -0.2) is 4.79 Å². The number of carbonyl (C=O) groups is 2. The molecule has 216 valence electrons. The lowest BCUT2D eigenvalue weighted by atomic mass is 9.43. The Bertz CT molecular complexity index is 1080. The van der Waals surface area contributed by atoms with Crippen LogP contribution in [0.15, 0.2) is 23.8 Å². The topological polar surface area (TPSA) is 163 Å². The highest BCUT2D eigenvalue weighted by Crippen LogP contribution is 2.69. The third-order valence-electron chi connectivity index (χ3n) is 11.3. The molecule has 1 saturated heterocycles. The number of fused-ring (bicyclic) bond motifs is 5. The molecule has 6 aliphatic rings. The molecule has 0 aromatic heterocycles. The van der Waals surface area contributed by atoms with Crippen molar-refractivity contribution < 1.29 is 49.3 Å². The molecular formula is C29H40O10. The maximum Gasteiger partial charge on any atom is 0.331 e. The minimum absolute atomic E-state index is 0.0930. The summed E-state index contributed by atoms with van der Waals surface area (Å²) in [5.41, 5.74) is -4.06. The van der Waals surface area contributed by atoms with Crippen molar-refractivity contribution in [2.24, 2.45) is 28.6 Å². The standard InChI is InChI=1S/C29H40O10/c1-15-25(34)20(31)10-23(38-15)39-17-3-6-27(14-30)24-19(4-7-28(27,35)11-17)29(36)8-5-18(16-9-22(33)37-13-16)26(29,2)12-21(24)32/h4,7,9,14-15,17-21,23-25,31-32,34-36H,3,5-6,8,10-13H2,1-2H3/t15-,17+,18+,19-,20+,21-,23+,24-,25+,26-,27+,28+,29+/m1/s1. The summed E-state index contributed by atoms with van der Waals surface area (Å²) in [6.07, 6.45) is 3.06. The summed E-state index contributed by atoms with van der Waals surface area (Å²) >= 11 is 0. The number of aliphatic hydroxyl groups is 5. The van der Waals surface area contributed by atoms with Gasteiger partial charge in [0, 0.05) is 36.2 Å². The second-order valence-corrected chi connectivity index (χ2v) is 13.1. The second kappa shape index (κ2) is 9.17. The predicted octanol–water partition coefficient (Wildman–Crippen LogP) is 0.526. The van der Waals surface area contributed by atoms with E-state index in [-0.39, 0.29) is 38.2 Å². The van der Waals surface area contributed by atoms with Crippen molar-refractivity contribution >= 4 is 12.3 Å². The molecule has 5 N–H and O–H groups in total. The van der Waals surface area contributed by atoms with Gasteiger partial charge in [-0.1, -0.05) is 19.1 Å². The summed E-state index contributed by atoms with van der Waals surface area (Å²) in [5.74, 6) is -1.78. The van der Waals surface area contributed by atoms with E-state index in [4.69, 9.17) is 14.2 Å².